The lowest BCUT2D eigenvalue weighted by Gasteiger charge is -2.19. The summed E-state index contributed by atoms with van der Waals surface area (Å²) in [6.45, 7) is 0. The monoisotopic (exact) mass is 415 g/mol. The van der Waals surface area contributed by atoms with Crippen molar-refractivity contribution in [2.24, 2.45) is 7.05 Å². The van der Waals surface area contributed by atoms with E-state index in [4.69, 9.17) is 34.8 Å². The number of hydrogen-bond acceptors (Lipinski definition) is 6. The van der Waals surface area contributed by atoms with Crippen molar-refractivity contribution in [1.29, 1.82) is 0 Å². The summed E-state index contributed by atoms with van der Waals surface area (Å²) in [6, 6.07) is 10.4. The first kappa shape index (κ1) is 18.3. The highest BCUT2D eigenvalue weighted by atomic mass is 35.5. The third kappa shape index (κ3) is 4.37. The molecule has 0 bridgehead atoms. The van der Waals surface area contributed by atoms with Gasteiger partial charge in [-0.2, -0.15) is 4.47 Å². The number of aromatic nitrogens is 4. The van der Waals surface area contributed by atoms with Gasteiger partial charge >= 0.3 is 0 Å². The van der Waals surface area contributed by atoms with Gasteiger partial charge in [0.25, 0.3) is 0 Å². The van der Waals surface area contributed by atoms with Crippen LogP contribution in [0.3, 0.4) is 0 Å². The van der Waals surface area contributed by atoms with E-state index in [1.165, 1.54) is 0 Å². The van der Waals surface area contributed by atoms with Crippen molar-refractivity contribution in [3.8, 4) is 0 Å². The second-order valence-electron chi connectivity index (χ2n) is 5.11. The summed E-state index contributed by atoms with van der Waals surface area (Å²) in [6.07, 6.45) is 0.383. The zero-order chi connectivity index (χ0) is 18.0. The maximum absolute atomic E-state index is 10.5. The quantitative estimate of drug-likeness (QED) is 0.482. The van der Waals surface area contributed by atoms with Gasteiger partial charge in [-0.25, -0.2) is 4.68 Å². The molecule has 0 saturated carbocycles. The van der Waals surface area contributed by atoms with Gasteiger partial charge in [-0.1, -0.05) is 34.8 Å². The van der Waals surface area contributed by atoms with Gasteiger partial charge in [-0.15, -0.1) is 5.10 Å². The molecule has 0 spiro atoms. The van der Waals surface area contributed by atoms with Gasteiger partial charge in [0.05, 0.1) is 15.7 Å². The lowest BCUT2D eigenvalue weighted by Crippen LogP contribution is -2.11. The fourth-order valence-electron chi connectivity index (χ4n) is 2.11. The number of anilines is 1. The summed E-state index contributed by atoms with van der Waals surface area (Å²) in [5.41, 5.74) is 1.23. The molecule has 2 aromatic carbocycles. The maximum Gasteiger partial charge on any atom is 0.155 e. The molecule has 25 heavy (non-hydrogen) atoms. The van der Waals surface area contributed by atoms with Gasteiger partial charge in [0.15, 0.2) is 5.82 Å². The topological polar surface area (TPSA) is 67.1 Å². The summed E-state index contributed by atoms with van der Waals surface area (Å²) in [7, 11) is 1.74. The summed E-state index contributed by atoms with van der Waals surface area (Å²) in [5.74, 6) is 0.629. The first-order valence-electron chi connectivity index (χ1n) is 7.05. The highest BCUT2D eigenvalue weighted by Gasteiger charge is 2.17. The standard InChI is InChI=1S/C15H12Cl3N5OS/c1-22-15(19-20-21-22)7-9-6-12(17)13(18)8-14(9)23(24)25-11-4-2-10(16)3-5-11/h2-6,8,24H,7H2,1H3. The zero-order valence-electron chi connectivity index (χ0n) is 12.9. The molecule has 0 aliphatic rings. The number of aryl methyl sites for hydroxylation is 1. The van der Waals surface area contributed by atoms with Gasteiger partial charge < -0.3 is 0 Å². The second kappa shape index (κ2) is 7.80. The van der Waals surface area contributed by atoms with Crippen LogP contribution in [0.2, 0.25) is 15.1 Å². The van der Waals surface area contributed by atoms with Gasteiger partial charge in [0.1, 0.15) is 0 Å². The van der Waals surface area contributed by atoms with Crippen molar-refractivity contribution in [1.82, 2.24) is 20.2 Å². The molecule has 1 N–H and O–H groups in total. The number of rotatable bonds is 5. The number of nitrogens with zero attached hydrogens (tertiary/aromatic N) is 5. The van der Waals surface area contributed by atoms with Gasteiger partial charge in [-0.3, -0.25) is 5.21 Å². The molecule has 0 saturated heterocycles. The predicted octanol–water partition coefficient (Wildman–Crippen LogP) is 4.66. The highest BCUT2D eigenvalue weighted by molar-refractivity contribution is 8.00. The molecule has 1 aromatic heterocycles. The Balaban J connectivity index is 1.91. The summed E-state index contributed by atoms with van der Waals surface area (Å²) < 4.78 is 2.59. The molecule has 0 fully saturated rings. The van der Waals surface area contributed by atoms with Gasteiger partial charge in [0, 0.05) is 35.3 Å². The normalized spacial score (nSPS) is 10.9. The number of halogens is 3. The van der Waals surface area contributed by atoms with E-state index in [1.807, 2.05) is 0 Å². The summed E-state index contributed by atoms with van der Waals surface area (Å²) in [5, 5.41) is 23.3. The van der Waals surface area contributed by atoms with Crippen LogP contribution < -0.4 is 4.47 Å². The first-order chi connectivity index (χ1) is 11.9. The van der Waals surface area contributed by atoms with E-state index in [1.54, 1.807) is 48.1 Å². The molecule has 0 aliphatic carbocycles. The number of hydrogen-bond donors (Lipinski definition) is 1. The van der Waals surface area contributed by atoms with E-state index in [-0.39, 0.29) is 0 Å². The second-order valence-corrected chi connectivity index (χ2v) is 7.36. The Labute approximate surface area is 163 Å². The molecule has 0 unspecified atom stereocenters. The summed E-state index contributed by atoms with van der Waals surface area (Å²) >= 11 is 19.3. The molecular weight excluding hydrogens is 405 g/mol. The number of benzene rings is 2. The smallest absolute Gasteiger partial charge is 0.155 e. The highest BCUT2D eigenvalue weighted by Crippen LogP contribution is 2.36. The van der Waals surface area contributed by atoms with Crippen LogP contribution >= 0.6 is 46.8 Å². The van der Waals surface area contributed by atoms with E-state index in [9.17, 15) is 5.21 Å². The fraction of sp³-hybridized carbons (Fsp3) is 0.133. The molecule has 0 radical (unpaired) electrons. The van der Waals surface area contributed by atoms with Crippen LogP contribution in [-0.4, -0.2) is 25.4 Å². The Morgan fingerprint density at radius 2 is 1.80 bits per heavy atom. The SMILES string of the molecule is Cn1nnnc1Cc1cc(Cl)c(Cl)cc1N(O)Sc1ccc(Cl)cc1. The van der Waals surface area contributed by atoms with Crippen molar-refractivity contribution in [2.75, 3.05) is 4.47 Å². The largest absolute Gasteiger partial charge is 0.277 e. The van der Waals surface area contributed by atoms with E-state index in [0.717, 1.165) is 26.9 Å². The molecule has 1 heterocycles. The molecule has 0 amide bonds. The van der Waals surface area contributed by atoms with Crippen molar-refractivity contribution in [3.05, 3.63) is 62.9 Å². The zero-order valence-corrected chi connectivity index (χ0v) is 16.0. The van der Waals surface area contributed by atoms with Crippen LogP contribution in [0.15, 0.2) is 41.3 Å². The van der Waals surface area contributed by atoms with E-state index in [2.05, 4.69) is 15.5 Å². The Morgan fingerprint density at radius 3 is 2.44 bits per heavy atom. The average Bonchev–Trinajstić information content (AvgIpc) is 2.98. The van der Waals surface area contributed by atoms with Crippen LogP contribution in [0.5, 0.6) is 0 Å². The summed E-state index contributed by atoms with van der Waals surface area (Å²) in [4.78, 5) is 0.809. The van der Waals surface area contributed by atoms with E-state index >= 15 is 0 Å². The molecule has 130 valence electrons. The van der Waals surface area contributed by atoms with Crippen LogP contribution in [-0.2, 0) is 13.5 Å². The average molecular weight is 417 g/mol. The fourth-order valence-corrected chi connectivity index (χ4v) is 3.31. The predicted molar refractivity (Wildman–Crippen MR) is 99.6 cm³/mol. The minimum Gasteiger partial charge on any atom is -0.277 e. The Hall–Kier alpha value is -1.51. The molecule has 6 nitrogen and oxygen atoms in total. The Morgan fingerprint density at radius 1 is 1.12 bits per heavy atom. The lowest BCUT2D eigenvalue weighted by atomic mass is 10.1. The molecule has 10 heteroatoms. The van der Waals surface area contributed by atoms with Crippen molar-refractivity contribution < 1.29 is 5.21 Å². The van der Waals surface area contributed by atoms with Crippen molar-refractivity contribution in [2.45, 2.75) is 11.3 Å². The van der Waals surface area contributed by atoms with Crippen LogP contribution in [0.4, 0.5) is 5.69 Å². The first-order valence-corrected chi connectivity index (χ1v) is 8.96. The Bertz CT molecular complexity index is 887. The van der Waals surface area contributed by atoms with Crippen LogP contribution in [0.1, 0.15) is 11.4 Å². The third-order valence-corrected chi connectivity index (χ3v) is 5.22. The minimum atomic E-state index is 0.340. The van der Waals surface area contributed by atoms with Crippen LogP contribution in [0.25, 0.3) is 0 Å². The molecule has 0 atom stereocenters. The van der Waals surface area contributed by atoms with Gasteiger partial charge in [0.2, 0.25) is 0 Å². The van der Waals surface area contributed by atoms with E-state index < -0.39 is 0 Å². The van der Waals surface area contributed by atoms with Crippen molar-refractivity contribution in [3.63, 3.8) is 0 Å². The maximum atomic E-state index is 10.5. The molecule has 3 rings (SSSR count). The van der Waals surface area contributed by atoms with Crippen molar-refractivity contribution >= 4 is 52.4 Å². The Kier molecular flexibility index (Phi) is 5.71. The lowest BCUT2D eigenvalue weighted by molar-refractivity contribution is 0.331. The molecule has 0 aliphatic heterocycles. The van der Waals surface area contributed by atoms with E-state index in [0.29, 0.717) is 33.0 Å². The minimum absolute atomic E-state index is 0.340. The number of tetrazole rings is 1. The molecule has 3 aromatic rings. The third-order valence-electron chi connectivity index (χ3n) is 3.39. The van der Waals surface area contributed by atoms with Crippen LogP contribution in [0, 0.1) is 0 Å². The van der Waals surface area contributed by atoms with Gasteiger partial charge in [-0.05, 0) is 52.4 Å². The molecular formula is C15H12Cl3N5OS.